The summed E-state index contributed by atoms with van der Waals surface area (Å²) in [6, 6.07) is 20.7. The van der Waals surface area contributed by atoms with Crippen molar-refractivity contribution in [2.75, 3.05) is 39.6 Å². The fourth-order valence-electron chi connectivity index (χ4n) is 9.50. The first-order valence-electron chi connectivity index (χ1n) is 25.8. The number of nitrogens with zero attached hydrogens (tertiary/aromatic N) is 6. The summed E-state index contributed by atoms with van der Waals surface area (Å²) in [5.74, 6) is 0.951. The molecule has 19 heteroatoms. The zero-order valence-corrected chi connectivity index (χ0v) is 47.1. The quantitative estimate of drug-likeness (QED) is 0.0585. The second-order valence-electron chi connectivity index (χ2n) is 20.5. The maximum atomic E-state index is 14.1. The number of rotatable bonds is 21. The van der Waals surface area contributed by atoms with E-state index in [2.05, 4.69) is 45.0 Å². The van der Waals surface area contributed by atoms with E-state index in [-0.39, 0.29) is 56.0 Å². The lowest BCUT2D eigenvalue weighted by molar-refractivity contribution is -0.144. The molecule has 3 aromatic carbocycles. The molecule has 0 saturated carbocycles. The number of amides is 4. The van der Waals surface area contributed by atoms with Gasteiger partial charge < -0.3 is 35.1 Å². The second-order valence-corrected chi connectivity index (χ2v) is 23.0. The summed E-state index contributed by atoms with van der Waals surface area (Å²) in [6.45, 7) is 19.2. The van der Waals surface area contributed by atoms with Crippen LogP contribution in [-0.4, -0.2) is 106 Å². The average Bonchev–Trinajstić information content (AvgIpc) is 4.19. The van der Waals surface area contributed by atoms with Crippen LogP contribution in [-0.2, 0) is 28.7 Å². The molecular weight excluding hydrogens is 1020 g/mol. The predicted molar refractivity (Wildman–Crippen MR) is 298 cm³/mol. The van der Waals surface area contributed by atoms with Crippen molar-refractivity contribution < 1.29 is 33.4 Å². The van der Waals surface area contributed by atoms with Gasteiger partial charge in [0, 0.05) is 40.6 Å². The van der Waals surface area contributed by atoms with Gasteiger partial charge in [0.15, 0.2) is 5.82 Å². The highest BCUT2D eigenvalue weighted by molar-refractivity contribution is 7.15. The first-order chi connectivity index (χ1) is 36.4. The van der Waals surface area contributed by atoms with E-state index >= 15 is 0 Å². The molecule has 2 aliphatic heterocycles. The highest BCUT2D eigenvalue weighted by Gasteiger charge is 2.42. The van der Waals surface area contributed by atoms with Crippen molar-refractivity contribution in [1.82, 2.24) is 40.6 Å². The Bertz CT molecular complexity index is 3040. The normalized spacial score (nSPS) is 16.4. The smallest absolute Gasteiger partial charge is 0.246 e. The van der Waals surface area contributed by atoms with Gasteiger partial charge in [-0.05, 0) is 106 Å². The molecule has 5 heterocycles. The van der Waals surface area contributed by atoms with Crippen LogP contribution in [0.3, 0.4) is 0 Å². The number of aryl methyl sites for hydroxylation is 3. The summed E-state index contributed by atoms with van der Waals surface area (Å²) >= 11 is 9.53. The third-order valence-corrected chi connectivity index (χ3v) is 16.3. The van der Waals surface area contributed by atoms with Gasteiger partial charge in [-0.25, -0.2) is 4.98 Å². The lowest BCUT2D eigenvalue weighted by Crippen LogP contribution is -2.58. The van der Waals surface area contributed by atoms with Crippen LogP contribution in [0.4, 0.5) is 0 Å². The van der Waals surface area contributed by atoms with Gasteiger partial charge in [0.2, 0.25) is 23.6 Å². The fraction of sp³-hybridized carbons (Fsp3) is 0.439. The van der Waals surface area contributed by atoms with Crippen LogP contribution in [0.5, 0.6) is 5.75 Å². The molecule has 2 aliphatic rings. The monoisotopic (exact) mass is 1090 g/mol. The van der Waals surface area contributed by atoms with Crippen molar-refractivity contribution in [3.63, 3.8) is 0 Å². The zero-order chi connectivity index (χ0) is 54.3. The fourth-order valence-corrected chi connectivity index (χ4v) is 11.6. The summed E-state index contributed by atoms with van der Waals surface area (Å²) in [4.78, 5) is 68.0. The average molecular weight is 1090 g/mol. The van der Waals surface area contributed by atoms with Crippen LogP contribution in [0.25, 0.3) is 15.4 Å². The van der Waals surface area contributed by atoms with Crippen LogP contribution in [0.15, 0.2) is 83.3 Å². The second kappa shape index (κ2) is 24.8. The largest absolute Gasteiger partial charge is 0.494 e. The molecule has 6 aromatic rings. The SMILES string of the molecule is Cc1ncsc1-c1ccc([C@H](C)NC(=O)[C@@H]2CCCN2C(=O)C(NC(=O)COCCOCCCOc2ccc([C@H](C)NC(=O)C[C@@H]3N=C(c4ccc(Cl)cc4)c4c(sc(C)c4C)-n4c(C)nnc43)cc2)C(C)(C)C)cc1. The Hall–Kier alpha value is -6.31. The van der Waals surface area contributed by atoms with E-state index in [1.165, 1.54) is 4.88 Å². The number of carbonyl (C=O) groups excluding carboxylic acids is 4. The third kappa shape index (κ3) is 13.3. The molecule has 16 nitrogen and oxygen atoms in total. The number of halogens is 1. The third-order valence-electron chi connectivity index (χ3n) is 13.8. The molecule has 8 rings (SSSR count). The van der Waals surface area contributed by atoms with E-state index in [1.54, 1.807) is 27.6 Å². The number of benzene rings is 3. The molecule has 4 amide bonds. The highest BCUT2D eigenvalue weighted by Crippen LogP contribution is 2.40. The standard InChI is InChI=1S/C57H68ClN9O7S2/c1-33-37(5)76-56-49(33)50(41-17-21-43(58)22-18-41)62-45(53-65-64-38(6)67(53)56)30-47(68)60-34(2)40-19-23-44(24-20-40)74-27-11-26-72-28-29-73-31-48(69)63-52(57(7,8)9)55(71)66-25-10-12-46(66)54(70)61-35(3)39-13-15-42(16-14-39)51-36(4)59-32-75-51/h13-24,32,34-35,45-46,52H,10-12,25-31H2,1-9H3,(H,60,68)(H,61,70)(H,63,69)/t34-,35-,45-,46-,52?/m0/s1. The summed E-state index contributed by atoms with van der Waals surface area (Å²) in [6.07, 6.45) is 1.94. The minimum absolute atomic E-state index is 0.0768. The van der Waals surface area contributed by atoms with Gasteiger partial charge >= 0.3 is 0 Å². The van der Waals surface area contributed by atoms with E-state index < -0.39 is 29.4 Å². The minimum atomic E-state index is -0.859. The molecule has 5 atom stereocenters. The van der Waals surface area contributed by atoms with Crippen molar-refractivity contribution in [3.05, 3.63) is 133 Å². The number of nitrogens with one attached hydrogen (secondary N) is 3. The van der Waals surface area contributed by atoms with Gasteiger partial charge in [-0.3, -0.25) is 28.7 Å². The van der Waals surface area contributed by atoms with Crippen molar-refractivity contribution in [2.45, 2.75) is 118 Å². The molecule has 0 spiro atoms. The lowest BCUT2D eigenvalue weighted by atomic mass is 9.85. The Kier molecular flexibility index (Phi) is 18.2. The molecule has 0 bridgehead atoms. The number of thiophene rings is 1. The van der Waals surface area contributed by atoms with Gasteiger partial charge in [-0.2, -0.15) is 0 Å². The van der Waals surface area contributed by atoms with Crippen LogP contribution < -0.4 is 20.7 Å². The summed E-state index contributed by atoms with van der Waals surface area (Å²) < 4.78 is 19.4. The molecule has 1 unspecified atom stereocenters. The molecule has 1 fully saturated rings. The molecule has 402 valence electrons. The number of aromatic nitrogens is 4. The Labute approximate surface area is 458 Å². The Morgan fingerprint density at radius 2 is 1.47 bits per heavy atom. The van der Waals surface area contributed by atoms with Crippen molar-refractivity contribution in [3.8, 4) is 21.2 Å². The van der Waals surface area contributed by atoms with Crippen molar-refractivity contribution >= 4 is 63.6 Å². The molecule has 3 N–H and O–H groups in total. The number of hydrogen-bond acceptors (Lipinski definition) is 13. The maximum absolute atomic E-state index is 14.1. The summed E-state index contributed by atoms with van der Waals surface area (Å²) in [5, 5.41) is 19.7. The van der Waals surface area contributed by atoms with E-state index in [9.17, 15) is 19.2 Å². The topological polar surface area (TPSA) is 191 Å². The van der Waals surface area contributed by atoms with E-state index in [1.807, 2.05) is 131 Å². The lowest BCUT2D eigenvalue weighted by Gasteiger charge is -2.35. The van der Waals surface area contributed by atoms with E-state index in [4.69, 9.17) is 30.8 Å². The summed E-state index contributed by atoms with van der Waals surface area (Å²) in [5.41, 5.74) is 8.99. The van der Waals surface area contributed by atoms with Crippen molar-refractivity contribution in [2.24, 2.45) is 10.4 Å². The number of carbonyl (C=O) groups is 4. The number of thiazole rings is 1. The van der Waals surface area contributed by atoms with Gasteiger partial charge in [-0.1, -0.05) is 80.9 Å². The predicted octanol–water partition coefficient (Wildman–Crippen LogP) is 9.70. The number of aliphatic imine (C=N–C) groups is 1. The minimum Gasteiger partial charge on any atom is -0.494 e. The number of ether oxygens (including phenoxy) is 3. The van der Waals surface area contributed by atoms with Crippen LogP contribution in [0.2, 0.25) is 5.02 Å². The molecule has 76 heavy (non-hydrogen) atoms. The number of hydrogen-bond donors (Lipinski definition) is 3. The maximum Gasteiger partial charge on any atom is 0.246 e. The van der Waals surface area contributed by atoms with Crippen LogP contribution in [0, 0.1) is 33.1 Å². The summed E-state index contributed by atoms with van der Waals surface area (Å²) in [7, 11) is 0. The van der Waals surface area contributed by atoms with Crippen LogP contribution >= 0.6 is 34.3 Å². The van der Waals surface area contributed by atoms with E-state index in [0.29, 0.717) is 55.6 Å². The Morgan fingerprint density at radius 1 is 0.803 bits per heavy atom. The number of likely N-dealkylation sites (tertiary alicyclic amines) is 1. The van der Waals surface area contributed by atoms with Gasteiger partial charge in [0.05, 0.1) is 60.1 Å². The molecule has 0 aliphatic carbocycles. The van der Waals surface area contributed by atoms with Crippen molar-refractivity contribution in [1.29, 1.82) is 0 Å². The van der Waals surface area contributed by atoms with Gasteiger partial charge in [0.1, 0.15) is 41.3 Å². The molecule has 1 saturated heterocycles. The first-order valence-corrected chi connectivity index (χ1v) is 27.9. The van der Waals surface area contributed by atoms with E-state index in [0.717, 1.165) is 60.5 Å². The first kappa shape index (κ1) is 55.9. The van der Waals surface area contributed by atoms with Crippen LogP contribution in [0.1, 0.15) is 128 Å². The van der Waals surface area contributed by atoms with Gasteiger partial charge in [0.25, 0.3) is 0 Å². The zero-order valence-electron chi connectivity index (χ0n) is 44.7. The molecule has 0 radical (unpaired) electrons. The molecular formula is C57H68ClN9O7S2. The Balaban J connectivity index is 0.733. The van der Waals surface area contributed by atoms with Gasteiger partial charge in [-0.15, -0.1) is 32.9 Å². The highest BCUT2D eigenvalue weighted by atomic mass is 35.5. The number of fused-ring (bicyclic) bond motifs is 3. The molecule has 3 aromatic heterocycles. The Morgan fingerprint density at radius 3 is 2.16 bits per heavy atom.